The minimum absolute atomic E-state index is 0.0240. The summed E-state index contributed by atoms with van der Waals surface area (Å²) in [6.45, 7) is 6.06. The Labute approximate surface area is 92.9 Å². The molecule has 1 aromatic rings. The van der Waals surface area contributed by atoms with Crippen molar-refractivity contribution in [3.8, 4) is 0 Å². The van der Waals surface area contributed by atoms with Crippen LogP contribution in [-0.4, -0.2) is 20.8 Å². The highest BCUT2D eigenvalue weighted by atomic mass is 32.2. The molecule has 0 saturated heterocycles. The van der Waals surface area contributed by atoms with Gasteiger partial charge in [0.05, 0.1) is 5.69 Å². The Hall–Kier alpha value is -1.23. The summed E-state index contributed by atoms with van der Waals surface area (Å²) in [5, 5.41) is 9.36. The van der Waals surface area contributed by atoms with Crippen LogP contribution in [0.1, 0.15) is 31.3 Å². The third-order valence-corrected chi connectivity index (χ3v) is 2.64. The van der Waals surface area contributed by atoms with Gasteiger partial charge in [0.15, 0.2) is 0 Å². The number of pyridine rings is 1. The van der Waals surface area contributed by atoms with Crippen molar-refractivity contribution >= 4 is 23.4 Å². The first-order valence-corrected chi connectivity index (χ1v) is 5.30. The summed E-state index contributed by atoms with van der Waals surface area (Å²) < 4.78 is -0.0434. The molecule has 0 saturated carbocycles. The molecule has 3 N–H and O–H groups in total. The fraction of sp³-hybridized carbons (Fsp3) is 0.400. The van der Waals surface area contributed by atoms with Crippen molar-refractivity contribution in [1.29, 1.82) is 0 Å². The smallest absolute Gasteiger partial charge is 0.354 e. The predicted molar refractivity (Wildman–Crippen MR) is 61.2 cm³/mol. The number of carboxylic acids is 1. The Morgan fingerprint density at radius 3 is 2.53 bits per heavy atom. The topological polar surface area (TPSA) is 76.2 Å². The van der Waals surface area contributed by atoms with E-state index in [1.165, 1.54) is 17.8 Å². The summed E-state index contributed by atoms with van der Waals surface area (Å²) >= 11 is 1.46. The fourth-order valence-electron chi connectivity index (χ4n) is 0.942. The molecule has 1 rings (SSSR count). The maximum absolute atomic E-state index is 10.7. The van der Waals surface area contributed by atoms with Crippen LogP contribution in [0.25, 0.3) is 0 Å². The molecule has 0 aromatic carbocycles. The van der Waals surface area contributed by atoms with Crippen LogP contribution in [0.4, 0.5) is 5.69 Å². The van der Waals surface area contributed by atoms with Gasteiger partial charge in [0.2, 0.25) is 0 Å². The van der Waals surface area contributed by atoms with Crippen molar-refractivity contribution in [2.75, 3.05) is 5.73 Å². The molecule has 0 amide bonds. The minimum atomic E-state index is -1.04. The van der Waals surface area contributed by atoms with Gasteiger partial charge in [0.25, 0.3) is 0 Å². The van der Waals surface area contributed by atoms with Crippen molar-refractivity contribution in [3.05, 3.63) is 17.8 Å². The van der Waals surface area contributed by atoms with Gasteiger partial charge < -0.3 is 10.8 Å². The number of thioether (sulfide) groups is 1. The number of aromatic nitrogens is 1. The van der Waals surface area contributed by atoms with Gasteiger partial charge in [-0.15, -0.1) is 0 Å². The first-order valence-electron chi connectivity index (χ1n) is 4.48. The van der Waals surface area contributed by atoms with Crippen LogP contribution in [0.2, 0.25) is 0 Å². The fourth-order valence-corrected chi connectivity index (χ4v) is 1.85. The molecule has 0 aliphatic carbocycles. The van der Waals surface area contributed by atoms with Gasteiger partial charge >= 0.3 is 5.97 Å². The molecule has 15 heavy (non-hydrogen) atoms. The second-order valence-electron chi connectivity index (χ2n) is 4.11. The average Bonchev–Trinajstić information content (AvgIpc) is 2.06. The van der Waals surface area contributed by atoms with Crippen molar-refractivity contribution in [3.63, 3.8) is 0 Å². The molecule has 82 valence electrons. The van der Waals surface area contributed by atoms with Crippen molar-refractivity contribution in [2.24, 2.45) is 0 Å². The van der Waals surface area contributed by atoms with Gasteiger partial charge in [-0.2, -0.15) is 0 Å². The zero-order valence-electron chi connectivity index (χ0n) is 8.94. The van der Waals surface area contributed by atoms with Gasteiger partial charge in [0.1, 0.15) is 10.7 Å². The third kappa shape index (κ3) is 3.43. The minimum Gasteiger partial charge on any atom is -0.477 e. The quantitative estimate of drug-likeness (QED) is 0.756. The lowest BCUT2D eigenvalue weighted by molar-refractivity contribution is 0.0690. The molecule has 1 aromatic heterocycles. The number of hydrogen-bond acceptors (Lipinski definition) is 4. The van der Waals surface area contributed by atoms with E-state index in [4.69, 9.17) is 10.8 Å². The number of anilines is 1. The summed E-state index contributed by atoms with van der Waals surface area (Å²) in [6, 6.07) is 2.98. The van der Waals surface area contributed by atoms with Crippen LogP contribution in [0.3, 0.4) is 0 Å². The number of hydrogen-bond donors (Lipinski definition) is 2. The predicted octanol–water partition coefficient (Wildman–Crippen LogP) is 2.25. The zero-order chi connectivity index (χ0) is 11.6. The van der Waals surface area contributed by atoms with Crippen LogP contribution in [0, 0.1) is 0 Å². The molecule has 0 fully saturated rings. The van der Waals surface area contributed by atoms with E-state index < -0.39 is 5.97 Å². The van der Waals surface area contributed by atoms with Gasteiger partial charge in [0, 0.05) is 4.75 Å². The van der Waals surface area contributed by atoms with E-state index in [9.17, 15) is 4.79 Å². The highest BCUT2D eigenvalue weighted by molar-refractivity contribution is 8.00. The van der Waals surface area contributed by atoms with Crippen molar-refractivity contribution in [2.45, 2.75) is 30.5 Å². The van der Waals surface area contributed by atoms with Crippen LogP contribution in [-0.2, 0) is 0 Å². The van der Waals surface area contributed by atoms with Gasteiger partial charge in [-0.25, -0.2) is 9.78 Å². The van der Waals surface area contributed by atoms with E-state index in [-0.39, 0.29) is 10.4 Å². The first-order chi connectivity index (χ1) is 6.79. The molecular formula is C10H14N2O2S. The maximum atomic E-state index is 10.7. The van der Waals surface area contributed by atoms with Crippen molar-refractivity contribution < 1.29 is 9.90 Å². The van der Waals surface area contributed by atoms with E-state index >= 15 is 0 Å². The Bertz CT molecular complexity index is 385. The SMILES string of the molecule is CC(C)(C)Sc1nc(C(=O)O)ccc1N. The Morgan fingerprint density at radius 1 is 1.47 bits per heavy atom. The second kappa shape index (κ2) is 4.10. The number of nitrogens with two attached hydrogens (primary N) is 1. The molecule has 0 bridgehead atoms. The Balaban J connectivity index is 3.06. The molecule has 1 heterocycles. The standard InChI is InChI=1S/C10H14N2O2S/c1-10(2,3)15-8-6(11)4-5-7(12-8)9(13)14/h4-5H,11H2,1-3H3,(H,13,14). The number of nitrogen functional groups attached to an aromatic ring is 1. The Morgan fingerprint density at radius 2 is 2.07 bits per heavy atom. The lowest BCUT2D eigenvalue weighted by Crippen LogP contribution is -2.10. The van der Waals surface area contributed by atoms with Gasteiger partial charge in [-0.1, -0.05) is 32.5 Å². The summed E-state index contributed by atoms with van der Waals surface area (Å²) in [6.07, 6.45) is 0. The highest BCUT2D eigenvalue weighted by Crippen LogP contribution is 2.33. The second-order valence-corrected chi connectivity index (χ2v) is 5.93. The normalized spacial score (nSPS) is 11.4. The van der Waals surface area contributed by atoms with Gasteiger partial charge in [-0.3, -0.25) is 0 Å². The summed E-state index contributed by atoms with van der Waals surface area (Å²) in [4.78, 5) is 14.7. The number of nitrogens with zero attached hydrogens (tertiary/aromatic N) is 1. The molecule has 0 unspecified atom stereocenters. The van der Waals surface area contributed by atoms with Crippen LogP contribution >= 0.6 is 11.8 Å². The lowest BCUT2D eigenvalue weighted by atomic mass is 10.3. The lowest BCUT2D eigenvalue weighted by Gasteiger charge is -2.17. The zero-order valence-corrected chi connectivity index (χ0v) is 9.76. The number of aromatic carboxylic acids is 1. The summed E-state index contributed by atoms with van der Waals surface area (Å²) in [7, 11) is 0. The molecule has 0 aliphatic rings. The van der Waals surface area contributed by atoms with E-state index in [1.54, 1.807) is 6.07 Å². The van der Waals surface area contributed by atoms with E-state index in [0.717, 1.165) is 0 Å². The van der Waals surface area contributed by atoms with Crippen LogP contribution < -0.4 is 5.73 Å². The van der Waals surface area contributed by atoms with Crippen molar-refractivity contribution in [1.82, 2.24) is 4.98 Å². The third-order valence-electron chi connectivity index (χ3n) is 1.51. The Kier molecular flexibility index (Phi) is 3.24. The molecule has 5 heteroatoms. The molecular weight excluding hydrogens is 212 g/mol. The first kappa shape index (κ1) is 11.8. The van der Waals surface area contributed by atoms with Crippen LogP contribution in [0.15, 0.2) is 17.2 Å². The van der Waals surface area contributed by atoms with E-state index in [0.29, 0.717) is 10.7 Å². The van der Waals surface area contributed by atoms with Crippen LogP contribution in [0.5, 0.6) is 0 Å². The maximum Gasteiger partial charge on any atom is 0.354 e. The average molecular weight is 226 g/mol. The summed E-state index contributed by atoms with van der Waals surface area (Å²) in [5.74, 6) is -1.04. The number of carbonyl (C=O) groups is 1. The number of carboxylic acid groups (broad SMARTS) is 1. The number of rotatable bonds is 2. The molecule has 0 spiro atoms. The molecule has 0 aliphatic heterocycles. The highest BCUT2D eigenvalue weighted by Gasteiger charge is 2.17. The molecule has 0 atom stereocenters. The molecule has 0 radical (unpaired) electrons. The van der Waals surface area contributed by atoms with E-state index in [1.807, 2.05) is 20.8 Å². The molecule has 4 nitrogen and oxygen atoms in total. The largest absolute Gasteiger partial charge is 0.477 e. The van der Waals surface area contributed by atoms with Gasteiger partial charge in [-0.05, 0) is 12.1 Å². The monoisotopic (exact) mass is 226 g/mol. The van der Waals surface area contributed by atoms with E-state index in [2.05, 4.69) is 4.98 Å². The summed E-state index contributed by atoms with van der Waals surface area (Å²) in [5.41, 5.74) is 6.26.